The quantitative estimate of drug-likeness (QED) is 0.857. The summed E-state index contributed by atoms with van der Waals surface area (Å²) in [5, 5.41) is 3.92. The summed E-state index contributed by atoms with van der Waals surface area (Å²) in [6.07, 6.45) is 0.787. The average Bonchev–Trinajstić information content (AvgIpc) is 2.78. The van der Waals surface area contributed by atoms with Gasteiger partial charge in [0.05, 0.1) is 6.04 Å². The number of benzene rings is 1. The summed E-state index contributed by atoms with van der Waals surface area (Å²) >= 11 is 0. The highest BCUT2D eigenvalue weighted by atomic mass is 16.5. The van der Waals surface area contributed by atoms with E-state index in [9.17, 15) is 0 Å². The van der Waals surface area contributed by atoms with Gasteiger partial charge in [-0.05, 0) is 13.3 Å². The third-order valence-corrected chi connectivity index (χ3v) is 2.51. The molecule has 0 aliphatic heterocycles. The first kappa shape index (κ1) is 10.8. The first-order chi connectivity index (χ1) is 7.70. The third kappa shape index (κ3) is 2.12. The van der Waals surface area contributed by atoms with Crippen LogP contribution in [-0.4, -0.2) is 10.1 Å². The Hall–Kier alpha value is -1.68. The highest BCUT2D eigenvalue weighted by Gasteiger charge is 2.13. The Morgan fingerprint density at radius 1 is 1.31 bits per heavy atom. The van der Waals surface area contributed by atoms with Gasteiger partial charge in [0, 0.05) is 5.56 Å². The van der Waals surface area contributed by atoms with E-state index in [0.29, 0.717) is 11.7 Å². The molecule has 0 fully saturated rings. The van der Waals surface area contributed by atoms with Gasteiger partial charge in [-0.3, -0.25) is 0 Å². The van der Waals surface area contributed by atoms with Gasteiger partial charge in [0.2, 0.25) is 11.7 Å². The number of aromatic nitrogens is 2. The molecule has 0 saturated carbocycles. The van der Waals surface area contributed by atoms with Crippen LogP contribution in [0.15, 0.2) is 28.8 Å². The van der Waals surface area contributed by atoms with Crippen LogP contribution in [0.25, 0.3) is 11.4 Å². The fourth-order valence-corrected chi connectivity index (χ4v) is 1.38. The van der Waals surface area contributed by atoms with Crippen LogP contribution in [0.4, 0.5) is 0 Å². The molecule has 0 unspecified atom stereocenters. The highest BCUT2D eigenvalue weighted by molar-refractivity contribution is 5.54. The SMILES string of the molecule is CC[C@@H](N)c1nc(-c2ccc(C)cc2)no1. The molecule has 1 heterocycles. The Morgan fingerprint density at radius 2 is 2.00 bits per heavy atom. The van der Waals surface area contributed by atoms with Gasteiger partial charge in [-0.1, -0.05) is 41.9 Å². The molecule has 0 bridgehead atoms. The summed E-state index contributed by atoms with van der Waals surface area (Å²) in [5.41, 5.74) is 7.97. The second-order valence-corrected chi connectivity index (χ2v) is 3.84. The van der Waals surface area contributed by atoms with Crippen molar-refractivity contribution in [2.45, 2.75) is 26.3 Å². The van der Waals surface area contributed by atoms with Crippen LogP contribution in [0.2, 0.25) is 0 Å². The van der Waals surface area contributed by atoms with E-state index in [1.54, 1.807) is 0 Å². The Labute approximate surface area is 94.5 Å². The van der Waals surface area contributed by atoms with Crippen LogP contribution in [0, 0.1) is 6.92 Å². The molecule has 0 radical (unpaired) electrons. The first-order valence-corrected chi connectivity index (χ1v) is 5.37. The highest BCUT2D eigenvalue weighted by Crippen LogP contribution is 2.19. The molecular weight excluding hydrogens is 202 g/mol. The lowest BCUT2D eigenvalue weighted by atomic mass is 10.1. The minimum atomic E-state index is -0.174. The molecule has 4 heteroatoms. The first-order valence-electron chi connectivity index (χ1n) is 5.37. The number of nitrogens with two attached hydrogens (primary N) is 1. The van der Waals surface area contributed by atoms with Crippen molar-refractivity contribution in [3.8, 4) is 11.4 Å². The predicted octanol–water partition coefficient (Wildman–Crippen LogP) is 2.45. The van der Waals surface area contributed by atoms with Crippen molar-refractivity contribution in [3.05, 3.63) is 35.7 Å². The number of rotatable bonds is 3. The Morgan fingerprint density at radius 3 is 2.62 bits per heavy atom. The van der Waals surface area contributed by atoms with Gasteiger partial charge < -0.3 is 10.3 Å². The van der Waals surface area contributed by atoms with Crippen molar-refractivity contribution in [2.75, 3.05) is 0 Å². The van der Waals surface area contributed by atoms with Crippen molar-refractivity contribution >= 4 is 0 Å². The van der Waals surface area contributed by atoms with Gasteiger partial charge >= 0.3 is 0 Å². The summed E-state index contributed by atoms with van der Waals surface area (Å²) in [7, 11) is 0. The van der Waals surface area contributed by atoms with Gasteiger partial charge in [-0.2, -0.15) is 4.98 Å². The minimum Gasteiger partial charge on any atom is -0.337 e. The summed E-state index contributed by atoms with van der Waals surface area (Å²) in [6, 6.07) is 7.81. The fourth-order valence-electron chi connectivity index (χ4n) is 1.38. The van der Waals surface area contributed by atoms with Crippen LogP contribution in [0.1, 0.15) is 30.8 Å². The molecule has 2 rings (SSSR count). The molecule has 16 heavy (non-hydrogen) atoms. The lowest BCUT2D eigenvalue weighted by molar-refractivity contribution is 0.352. The fraction of sp³-hybridized carbons (Fsp3) is 0.333. The van der Waals surface area contributed by atoms with Gasteiger partial charge in [-0.25, -0.2) is 0 Å². The van der Waals surface area contributed by atoms with Gasteiger partial charge in [0.15, 0.2) is 0 Å². The van der Waals surface area contributed by atoms with Crippen LogP contribution >= 0.6 is 0 Å². The number of nitrogens with zero attached hydrogens (tertiary/aromatic N) is 2. The van der Waals surface area contributed by atoms with E-state index in [-0.39, 0.29) is 6.04 Å². The molecule has 0 amide bonds. The van der Waals surface area contributed by atoms with Gasteiger partial charge in [-0.15, -0.1) is 0 Å². The van der Waals surface area contributed by atoms with Gasteiger partial charge in [0.25, 0.3) is 0 Å². The number of hydrogen-bond donors (Lipinski definition) is 1. The Bertz CT molecular complexity index is 461. The predicted molar refractivity (Wildman–Crippen MR) is 61.7 cm³/mol. The van der Waals surface area contributed by atoms with E-state index in [1.807, 2.05) is 38.1 Å². The Kier molecular flexibility index (Phi) is 3.01. The second-order valence-electron chi connectivity index (χ2n) is 3.84. The summed E-state index contributed by atoms with van der Waals surface area (Å²) in [4.78, 5) is 4.28. The molecule has 2 aromatic rings. The number of aryl methyl sites for hydroxylation is 1. The number of hydrogen-bond acceptors (Lipinski definition) is 4. The zero-order valence-electron chi connectivity index (χ0n) is 9.47. The smallest absolute Gasteiger partial charge is 0.243 e. The monoisotopic (exact) mass is 217 g/mol. The van der Waals surface area contributed by atoms with Crippen molar-refractivity contribution in [1.82, 2.24) is 10.1 Å². The molecule has 0 saturated heterocycles. The van der Waals surface area contributed by atoms with E-state index < -0.39 is 0 Å². The average molecular weight is 217 g/mol. The molecule has 4 nitrogen and oxygen atoms in total. The van der Waals surface area contributed by atoms with Crippen LogP contribution in [0.3, 0.4) is 0 Å². The Balaban J connectivity index is 2.28. The molecule has 0 aliphatic carbocycles. The molecule has 1 aromatic heterocycles. The van der Waals surface area contributed by atoms with Crippen LogP contribution in [-0.2, 0) is 0 Å². The molecule has 84 valence electrons. The topological polar surface area (TPSA) is 64.9 Å². The van der Waals surface area contributed by atoms with Gasteiger partial charge in [0.1, 0.15) is 0 Å². The standard InChI is InChI=1S/C12H15N3O/c1-3-10(13)12-14-11(15-16-12)9-6-4-8(2)5-7-9/h4-7,10H,3,13H2,1-2H3/t10-/m1/s1. The van der Waals surface area contributed by atoms with Crippen molar-refractivity contribution in [1.29, 1.82) is 0 Å². The maximum absolute atomic E-state index is 5.81. The van der Waals surface area contributed by atoms with E-state index in [0.717, 1.165) is 12.0 Å². The van der Waals surface area contributed by atoms with E-state index in [4.69, 9.17) is 10.3 Å². The minimum absolute atomic E-state index is 0.174. The maximum atomic E-state index is 5.81. The third-order valence-electron chi connectivity index (χ3n) is 2.51. The van der Waals surface area contributed by atoms with E-state index in [2.05, 4.69) is 10.1 Å². The lowest BCUT2D eigenvalue weighted by Gasteiger charge is -1.99. The largest absolute Gasteiger partial charge is 0.337 e. The summed E-state index contributed by atoms with van der Waals surface area (Å²) < 4.78 is 5.12. The van der Waals surface area contributed by atoms with E-state index >= 15 is 0 Å². The van der Waals surface area contributed by atoms with E-state index in [1.165, 1.54) is 5.56 Å². The molecule has 0 aliphatic rings. The molecule has 0 spiro atoms. The summed E-state index contributed by atoms with van der Waals surface area (Å²) in [6.45, 7) is 4.03. The lowest BCUT2D eigenvalue weighted by Crippen LogP contribution is -2.08. The van der Waals surface area contributed by atoms with Crippen molar-refractivity contribution in [3.63, 3.8) is 0 Å². The molecule has 1 atom stereocenters. The molecule has 2 N–H and O–H groups in total. The van der Waals surface area contributed by atoms with Crippen molar-refractivity contribution in [2.24, 2.45) is 5.73 Å². The molecule has 1 aromatic carbocycles. The van der Waals surface area contributed by atoms with Crippen molar-refractivity contribution < 1.29 is 4.52 Å². The zero-order valence-corrected chi connectivity index (χ0v) is 9.47. The van der Waals surface area contributed by atoms with Crippen LogP contribution in [0.5, 0.6) is 0 Å². The van der Waals surface area contributed by atoms with Crippen LogP contribution < -0.4 is 5.73 Å². The molecular formula is C12H15N3O. The zero-order chi connectivity index (χ0) is 11.5. The second kappa shape index (κ2) is 4.45. The maximum Gasteiger partial charge on any atom is 0.243 e. The normalized spacial score (nSPS) is 12.7. The summed E-state index contributed by atoms with van der Waals surface area (Å²) in [5.74, 6) is 1.09.